The Kier molecular flexibility index (Phi) is 6.86. The van der Waals surface area contributed by atoms with Crippen molar-refractivity contribution in [1.82, 2.24) is 19.8 Å². The minimum Gasteiger partial charge on any atom is -0.356 e. The Bertz CT molecular complexity index is 704. The van der Waals surface area contributed by atoms with Crippen LogP contribution >= 0.6 is 27.3 Å². The van der Waals surface area contributed by atoms with Gasteiger partial charge < -0.3 is 14.8 Å². The van der Waals surface area contributed by atoms with Crippen molar-refractivity contribution in [2.45, 2.75) is 33.2 Å². The van der Waals surface area contributed by atoms with Crippen molar-refractivity contribution in [1.29, 1.82) is 0 Å². The summed E-state index contributed by atoms with van der Waals surface area (Å²) in [5.41, 5.74) is 2.46. The topological polar surface area (TPSA) is 45.5 Å². The van der Waals surface area contributed by atoms with Crippen molar-refractivity contribution in [3.05, 3.63) is 38.0 Å². The first-order valence-electron chi connectivity index (χ1n) is 8.12. The fourth-order valence-electron chi connectivity index (χ4n) is 2.63. The third-order valence-corrected chi connectivity index (χ3v) is 5.45. The molecule has 0 aliphatic rings. The number of rotatable bonds is 6. The maximum atomic E-state index is 4.69. The predicted octanol–water partition coefficient (Wildman–Crippen LogP) is 3.36. The van der Waals surface area contributed by atoms with E-state index in [1.165, 1.54) is 21.3 Å². The van der Waals surface area contributed by atoms with Crippen LogP contribution in [-0.2, 0) is 26.4 Å². The van der Waals surface area contributed by atoms with Crippen LogP contribution in [0.2, 0.25) is 0 Å². The van der Waals surface area contributed by atoms with Gasteiger partial charge in [-0.2, -0.15) is 0 Å². The van der Waals surface area contributed by atoms with Crippen LogP contribution in [0.5, 0.6) is 0 Å². The van der Waals surface area contributed by atoms with Crippen LogP contribution in [0.1, 0.15) is 28.2 Å². The van der Waals surface area contributed by atoms with Crippen molar-refractivity contribution in [3.63, 3.8) is 0 Å². The van der Waals surface area contributed by atoms with E-state index in [-0.39, 0.29) is 0 Å². The van der Waals surface area contributed by atoms with E-state index in [2.05, 4.69) is 75.9 Å². The lowest BCUT2D eigenvalue weighted by Crippen LogP contribution is -2.39. The summed E-state index contributed by atoms with van der Waals surface area (Å²) in [6, 6.07) is 2.13. The summed E-state index contributed by atoms with van der Waals surface area (Å²) in [5.74, 6) is 0.899. The van der Waals surface area contributed by atoms with E-state index < -0.39 is 0 Å². The zero-order valence-electron chi connectivity index (χ0n) is 15.1. The van der Waals surface area contributed by atoms with Gasteiger partial charge in [-0.05, 0) is 35.3 Å². The van der Waals surface area contributed by atoms with Crippen molar-refractivity contribution < 1.29 is 0 Å². The minimum atomic E-state index is 0.804. The molecule has 132 valence electrons. The van der Waals surface area contributed by atoms with Crippen molar-refractivity contribution in [2.75, 3.05) is 20.6 Å². The predicted molar refractivity (Wildman–Crippen MR) is 106 cm³/mol. The molecule has 0 bridgehead atoms. The van der Waals surface area contributed by atoms with Gasteiger partial charge in [-0.25, -0.2) is 4.98 Å². The highest BCUT2D eigenvalue weighted by Crippen LogP contribution is 2.18. The summed E-state index contributed by atoms with van der Waals surface area (Å²) < 4.78 is 3.22. The lowest BCUT2D eigenvalue weighted by atomic mass is 10.3. The highest BCUT2D eigenvalue weighted by Gasteiger charge is 2.10. The van der Waals surface area contributed by atoms with Gasteiger partial charge in [0.15, 0.2) is 5.96 Å². The number of aryl methyl sites for hydroxylation is 3. The number of thiazole rings is 1. The van der Waals surface area contributed by atoms with Gasteiger partial charge in [0, 0.05) is 55.3 Å². The molecule has 0 unspecified atom stereocenters. The van der Waals surface area contributed by atoms with Gasteiger partial charge in [0.1, 0.15) is 0 Å². The molecule has 2 rings (SSSR count). The fraction of sp³-hybridized carbons (Fsp3) is 0.529. The molecule has 7 heteroatoms. The average Bonchev–Trinajstić information content (AvgIpc) is 3.05. The molecular weight excluding hydrogens is 386 g/mol. The lowest BCUT2D eigenvalue weighted by molar-refractivity contribution is 0.462. The number of aliphatic imine (C=N–C) groups is 1. The normalized spacial score (nSPS) is 11.8. The number of hydrogen-bond donors (Lipinski definition) is 1. The molecule has 0 aliphatic heterocycles. The summed E-state index contributed by atoms with van der Waals surface area (Å²) in [6.07, 6.45) is 4.00. The van der Waals surface area contributed by atoms with Gasteiger partial charge in [0.2, 0.25) is 0 Å². The first-order valence-corrected chi connectivity index (χ1v) is 9.73. The monoisotopic (exact) mass is 411 g/mol. The lowest BCUT2D eigenvalue weighted by Gasteiger charge is -2.22. The largest absolute Gasteiger partial charge is 0.356 e. The van der Waals surface area contributed by atoms with E-state index in [1.807, 2.05) is 7.05 Å². The van der Waals surface area contributed by atoms with Gasteiger partial charge in [-0.1, -0.05) is 6.92 Å². The Labute approximate surface area is 156 Å². The van der Waals surface area contributed by atoms with Gasteiger partial charge in [-0.3, -0.25) is 4.99 Å². The van der Waals surface area contributed by atoms with Crippen LogP contribution < -0.4 is 5.32 Å². The van der Waals surface area contributed by atoms with Crippen LogP contribution in [0, 0.1) is 6.92 Å². The molecule has 2 heterocycles. The number of nitrogens with one attached hydrogen (secondary N) is 1. The molecule has 0 atom stereocenters. The molecule has 0 amide bonds. The van der Waals surface area contributed by atoms with Crippen LogP contribution in [0.15, 0.2) is 21.7 Å². The first kappa shape index (κ1) is 19.0. The van der Waals surface area contributed by atoms with Crippen LogP contribution in [0.25, 0.3) is 0 Å². The summed E-state index contributed by atoms with van der Waals surface area (Å²) in [4.78, 5) is 12.5. The van der Waals surface area contributed by atoms with E-state index in [0.29, 0.717) is 0 Å². The molecule has 0 aliphatic carbocycles. The van der Waals surface area contributed by atoms with Crippen LogP contribution in [0.4, 0.5) is 0 Å². The van der Waals surface area contributed by atoms with Gasteiger partial charge in [0.05, 0.1) is 17.2 Å². The minimum absolute atomic E-state index is 0.804. The molecule has 5 nitrogen and oxygen atoms in total. The van der Waals surface area contributed by atoms with E-state index in [9.17, 15) is 0 Å². The molecule has 0 spiro atoms. The van der Waals surface area contributed by atoms with Crippen LogP contribution in [-0.4, -0.2) is 41.1 Å². The van der Waals surface area contributed by atoms with Crippen molar-refractivity contribution >= 4 is 33.2 Å². The van der Waals surface area contributed by atoms with Crippen LogP contribution in [0.3, 0.4) is 0 Å². The molecule has 0 saturated heterocycles. The number of halogens is 1. The third kappa shape index (κ3) is 4.83. The summed E-state index contributed by atoms with van der Waals surface area (Å²) >= 11 is 5.32. The second-order valence-corrected chi connectivity index (χ2v) is 8.01. The van der Waals surface area contributed by atoms with Gasteiger partial charge >= 0.3 is 0 Å². The Balaban J connectivity index is 1.88. The quantitative estimate of drug-likeness (QED) is 0.585. The number of hydrogen-bond acceptors (Lipinski definition) is 3. The summed E-state index contributed by atoms with van der Waals surface area (Å²) in [7, 11) is 5.93. The average molecular weight is 412 g/mol. The highest BCUT2D eigenvalue weighted by atomic mass is 79.9. The molecule has 0 saturated carbocycles. The second-order valence-electron chi connectivity index (χ2n) is 5.80. The Hall–Kier alpha value is -1.34. The van der Waals surface area contributed by atoms with Crippen molar-refractivity contribution in [3.8, 4) is 0 Å². The standard InChI is InChI=1S/C17H26BrN5S/c1-6-15-12(2)24-16(21-15)7-8-20-17(19-3)23(5)11-14-9-13(18)10-22(14)4/h9-10H,6-8,11H2,1-5H3,(H,19,20). The molecule has 1 N–H and O–H groups in total. The van der Waals surface area contributed by atoms with E-state index in [4.69, 9.17) is 4.98 Å². The zero-order valence-corrected chi connectivity index (χ0v) is 17.5. The van der Waals surface area contributed by atoms with Gasteiger partial charge in [-0.15, -0.1) is 11.3 Å². The summed E-state index contributed by atoms with van der Waals surface area (Å²) in [5, 5.41) is 4.63. The number of nitrogens with zero attached hydrogens (tertiary/aromatic N) is 4. The maximum absolute atomic E-state index is 4.69. The molecular formula is C17H26BrN5S. The fourth-order valence-corrected chi connectivity index (χ4v) is 4.22. The Morgan fingerprint density at radius 2 is 2.25 bits per heavy atom. The number of guanidine groups is 1. The Morgan fingerprint density at radius 3 is 2.79 bits per heavy atom. The third-order valence-electron chi connectivity index (χ3n) is 3.94. The second kappa shape index (κ2) is 8.67. The number of aromatic nitrogens is 2. The molecule has 24 heavy (non-hydrogen) atoms. The zero-order chi connectivity index (χ0) is 17.7. The SMILES string of the molecule is CCc1nc(CCNC(=NC)N(C)Cc2cc(Br)cn2C)sc1C. The first-order chi connectivity index (χ1) is 11.4. The van der Waals surface area contributed by atoms with E-state index in [0.717, 1.165) is 36.4 Å². The Morgan fingerprint density at radius 1 is 1.50 bits per heavy atom. The highest BCUT2D eigenvalue weighted by molar-refractivity contribution is 9.10. The van der Waals surface area contributed by atoms with E-state index in [1.54, 1.807) is 11.3 Å². The summed E-state index contributed by atoms with van der Waals surface area (Å²) in [6.45, 7) is 5.95. The molecule has 2 aromatic heterocycles. The maximum Gasteiger partial charge on any atom is 0.193 e. The molecule has 0 aromatic carbocycles. The van der Waals surface area contributed by atoms with Gasteiger partial charge in [0.25, 0.3) is 0 Å². The van der Waals surface area contributed by atoms with Crippen molar-refractivity contribution in [2.24, 2.45) is 12.0 Å². The smallest absolute Gasteiger partial charge is 0.193 e. The molecule has 2 aromatic rings. The van der Waals surface area contributed by atoms with E-state index >= 15 is 0 Å². The molecule has 0 radical (unpaired) electrons. The molecule has 0 fully saturated rings.